The first-order valence-electron chi connectivity index (χ1n) is 7.14. The van der Waals surface area contributed by atoms with Crippen LogP contribution in [0.15, 0.2) is 30.5 Å². The molecular weight excluding hydrogens is 350 g/mol. The Hall–Kier alpha value is -2.06. The van der Waals surface area contributed by atoms with Crippen molar-refractivity contribution in [3.8, 4) is 0 Å². The van der Waals surface area contributed by atoms with Crippen LogP contribution in [0, 0.1) is 0 Å². The Bertz CT molecular complexity index is 807. The molecule has 1 aromatic carbocycles. The highest BCUT2D eigenvalue weighted by Gasteiger charge is 2.17. The quantitative estimate of drug-likeness (QED) is 0.841. The van der Waals surface area contributed by atoms with Gasteiger partial charge in [-0.05, 0) is 17.7 Å². The number of hydrogen-bond donors (Lipinski definition) is 1. The minimum atomic E-state index is -3.60. The monoisotopic (exact) mass is 369 g/mol. The van der Waals surface area contributed by atoms with Crippen molar-refractivity contribution in [2.24, 2.45) is 0 Å². The van der Waals surface area contributed by atoms with Crippen LogP contribution in [0.1, 0.15) is 5.56 Å². The van der Waals surface area contributed by atoms with E-state index in [-0.39, 0.29) is 5.75 Å². The molecule has 0 aliphatic heterocycles. The Labute approximate surface area is 147 Å². The van der Waals surface area contributed by atoms with Crippen molar-refractivity contribution in [2.45, 2.75) is 5.75 Å². The summed E-state index contributed by atoms with van der Waals surface area (Å²) in [4.78, 5) is 12.0. The van der Waals surface area contributed by atoms with Crippen LogP contribution in [0.3, 0.4) is 0 Å². The fraction of sp³-hybridized carbons (Fsp3) is 0.333. The zero-order valence-corrected chi connectivity index (χ0v) is 15.6. The molecule has 1 heterocycles. The van der Waals surface area contributed by atoms with Crippen LogP contribution < -0.4 is 14.5 Å². The molecule has 0 unspecified atom stereocenters. The van der Waals surface area contributed by atoms with Gasteiger partial charge in [0.1, 0.15) is 5.69 Å². The molecule has 0 bridgehead atoms. The van der Waals surface area contributed by atoms with Crippen molar-refractivity contribution in [1.82, 2.24) is 9.97 Å². The smallest absolute Gasteiger partial charge is 0.237 e. The van der Waals surface area contributed by atoms with Gasteiger partial charge in [0.2, 0.25) is 16.0 Å². The summed E-state index contributed by atoms with van der Waals surface area (Å²) >= 11 is 5.82. The van der Waals surface area contributed by atoms with Crippen molar-refractivity contribution in [3.05, 3.63) is 41.0 Å². The molecule has 0 amide bonds. The number of nitrogens with one attached hydrogen (secondary N) is 1. The molecule has 2 aromatic rings. The maximum Gasteiger partial charge on any atom is 0.237 e. The van der Waals surface area contributed by atoms with E-state index in [4.69, 9.17) is 11.6 Å². The number of hydrogen-bond acceptors (Lipinski definition) is 6. The van der Waals surface area contributed by atoms with Gasteiger partial charge >= 0.3 is 0 Å². The number of halogens is 1. The van der Waals surface area contributed by atoms with Crippen molar-refractivity contribution in [2.75, 3.05) is 42.7 Å². The Balaban J connectivity index is 2.26. The maximum atomic E-state index is 12.4. The lowest BCUT2D eigenvalue weighted by Crippen LogP contribution is -2.21. The molecular formula is C15H20ClN5O2S. The standard InChI is InChI=1S/C15H20ClN5O2S/c1-20(2)14-13(9-17-15(18-14)21(3)4)19-24(22,23)10-11-5-7-12(16)8-6-11/h5-9,19H,10H2,1-4H3. The second kappa shape index (κ2) is 7.23. The molecule has 0 radical (unpaired) electrons. The first kappa shape index (κ1) is 18.3. The van der Waals surface area contributed by atoms with Crippen LogP contribution in [0.4, 0.5) is 17.5 Å². The van der Waals surface area contributed by atoms with Crippen LogP contribution in [0.2, 0.25) is 5.02 Å². The molecule has 0 atom stereocenters. The first-order valence-corrected chi connectivity index (χ1v) is 9.17. The highest BCUT2D eigenvalue weighted by Crippen LogP contribution is 2.25. The number of rotatable bonds is 6. The van der Waals surface area contributed by atoms with Crippen LogP contribution >= 0.6 is 11.6 Å². The minimum absolute atomic E-state index is 0.160. The molecule has 0 aliphatic carbocycles. The largest absolute Gasteiger partial charge is 0.361 e. The summed E-state index contributed by atoms with van der Waals surface area (Å²) in [5.74, 6) is 0.833. The van der Waals surface area contributed by atoms with Crippen LogP contribution in [0.5, 0.6) is 0 Å². The molecule has 0 aliphatic rings. The molecule has 0 fully saturated rings. The predicted octanol–water partition coefficient (Wildman–Crippen LogP) is 2.20. The van der Waals surface area contributed by atoms with Crippen LogP contribution in [0.25, 0.3) is 0 Å². The van der Waals surface area contributed by atoms with Crippen molar-refractivity contribution in [1.29, 1.82) is 0 Å². The second-order valence-corrected chi connectivity index (χ2v) is 7.84. The average Bonchev–Trinajstić information content (AvgIpc) is 2.49. The van der Waals surface area contributed by atoms with E-state index >= 15 is 0 Å². The Morgan fingerprint density at radius 3 is 2.25 bits per heavy atom. The van der Waals surface area contributed by atoms with Gasteiger partial charge in [0.15, 0.2) is 5.82 Å². The SMILES string of the molecule is CN(C)c1ncc(NS(=O)(=O)Cc2ccc(Cl)cc2)c(N(C)C)n1. The number of benzene rings is 1. The summed E-state index contributed by atoms with van der Waals surface area (Å²) in [5.41, 5.74) is 0.976. The molecule has 130 valence electrons. The molecule has 9 heteroatoms. The molecule has 24 heavy (non-hydrogen) atoms. The highest BCUT2D eigenvalue weighted by atomic mass is 35.5. The van der Waals surface area contributed by atoms with E-state index in [1.807, 2.05) is 14.1 Å². The topological polar surface area (TPSA) is 78.4 Å². The molecule has 0 spiro atoms. The number of nitrogens with zero attached hydrogens (tertiary/aromatic N) is 4. The third-order valence-corrected chi connectivity index (χ3v) is 4.61. The number of aromatic nitrogens is 2. The third-order valence-electron chi connectivity index (χ3n) is 3.11. The average molecular weight is 370 g/mol. The zero-order valence-electron chi connectivity index (χ0n) is 14.0. The summed E-state index contributed by atoms with van der Waals surface area (Å²) in [7, 11) is 3.62. The Kier molecular flexibility index (Phi) is 5.51. The number of anilines is 3. The minimum Gasteiger partial charge on any atom is -0.361 e. The van der Waals surface area contributed by atoms with Crippen molar-refractivity contribution in [3.63, 3.8) is 0 Å². The first-order chi connectivity index (χ1) is 11.2. The summed E-state index contributed by atoms with van der Waals surface area (Å²) in [6.45, 7) is 0. The zero-order chi connectivity index (χ0) is 17.9. The van der Waals surface area contributed by atoms with Gasteiger partial charge in [-0.15, -0.1) is 0 Å². The molecule has 1 N–H and O–H groups in total. The third kappa shape index (κ3) is 4.72. The van der Waals surface area contributed by atoms with Gasteiger partial charge in [0.25, 0.3) is 0 Å². The second-order valence-electron chi connectivity index (χ2n) is 5.68. The Morgan fingerprint density at radius 1 is 1.08 bits per heavy atom. The van der Waals surface area contributed by atoms with Gasteiger partial charge in [-0.1, -0.05) is 23.7 Å². The predicted molar refractivity (Wildman–Crippen MR) is 98.4 cm³/mol. The lowest BCUT2D eigenvalue weighted by Gasteiger charge is -2.19. The fourth-order valence-electron chi connectivity index (χ4n) is 2.00. The summed E-state index contributed by atoms with van der Waals surface area (Å²) in [5, 5.41) is 0.562. The highest BCUT2D eigenvalue weighted by molar-refractivity contribution is 7.91. The van der Waals surface area contributed by atoms with E-state index in [1.54, 1.807) is 48.2 Å². The van der Waals surface area contributed by atoms with Crippen molar-refractivity contribution < 1.29 is 8.42 Å². The van der Waals surface area contributed by atoms with Crippen LogP contribution in [-0.2, 0) is 15.8 Å². The van der Waals surface area contributed by atoms with E-state index in [1.165, 1.54) is 6.20 Å². The van der Waals surface area contributed by atoms with Gasteiger partial charge in [-0.3, -0.25) is 4.72 Å². The molecule has 2 rings (SSSR count). The van der Waals surface area contributed by atoms with E-state index in [2.05, 4.69) is 14.7 Å². The summed E-state index contributed by atoms with van der Waals surface area (Å²) in [6, 6.07) is 6.68. The Morgan fingerprint density at radius 2 is 1.71 bits per heavy atom. The van der Waals surface area contributed by atoms with Crippen LogP contribution in [-0.4, -0.2) is 46.6 Å². The lowest BCUT2D eigenvalue weighted by atomic mass is 10.2. The van der Waals surface area contributed by atoms with Gasteiger partial charge in [-0.25, -0.2) is 13.4 Å². The molecule has 0 saturated heterocycles. The molecule has 1 aromatic heterocycles. The van der Waals surface area contributed by atoms with Gasteiger partial charge in [0.05, 0.1) is 11.9 Å². The lowest BCUT2D eigenvalue weighted by molar-refractivity contribution is 0.600. The number of sulfonamides is 1. The van der Waals surface area contributed by atoms with E-state index in [9.17, 15) is 8.42 Å². The fourth-order valence-corrected chi connectivity index (χ4v) is 3.30. The van der Waals surface area contributed by atoms with E-state index in [0.29, 0.717) is 28.0 Å². The summed E-state index contributed by atoms with van der Waals surface area (Å²) < 4.78 is 27.4. The van der Waals surface area contributed by atoms with E-state index < -0.39 is 10.0 Å². The summed E-state index contributed by atoms with van der Waals surface area (Å²) in [6.07, 6.45) is 1.47. The van der Waals surface area contributed by atoms with E-state index in [0.717, 1.165) is 0 Å². The normalized spacial score (nSPS) is 11.2. The maximum absolute atomic E-state index is 12.4. The van der Waals surface area contributed by atoms with Gasteiger partial charge < -0.3 is 9.80 Å². The van der Waals surface area contributed by atoms with Gasteiger partial charge in [-0.2, -0.15) is 4.98 Å². The van der Waals surface area contributed by atoms with Gasteiger partial charge in [0, 0.05) is 33.2 Å². The molecule has 0 saturated carbocycles. The molecule has 7 nitrogen and oxygen atoms in total. The van der Waals surface area contributed by atoms with Crippen molar-refractivity contribution >= 4 is 39.1 Å².